The summed E-state index contributed by atoms with van der Waals surface area (Å²) in [6.45, 7) is 3.66. The van der Waals surface area contributed by atoms with Crippen molar-refractivity contribution in [1.82, 2.24) is 0 Å². The summed E-state index contributed by atoms with van der Waals surface area (Å²) in [4.78, 5) is 0. The highest BCUT2D eigenvalue weighted by Gasteiger charge is 1.92. The van der Waals surface area contributed by atoms with E-state index >= 15 is 0 Å². The quantitative estimate of drug-likeness (QED) is 0.313. The van der Waals surface area contributed by atoms with Crippen LogP contribution in [0.3, 0.4) is 0 Å². The van der Waals surface area contributed by atoms with Crippen molar-refractivity contribution in [2.45, 2.75) is 20.3 Å². The van der Waals surface area contributed by atoms with Gasteiger partial charge in [0.15, 0.2) is 0 Å². The molecule has 0 aliphatic heterocycles. The lowest BCUT2D eigenvalue weighted by Gasteiger charge is -1.94. The maximum absolute atomic E-state index is 4.97. The third kappa shape index (κ3) is 3.52. The highest BCUT2D eigenvalue weighted by atomic mass is 15.1. The molecule has 0 saturated heterocycles. The van der Waals surface area contributed by atoms with Gasteiger partial charge in [-0.3, -0.25) is 0 Å². The fourth-order valence-corrected chi connectivity index (χ4v) is 0.462. The van der Waals surface area contributed by atoms with Crippen LogP contribution in [0.4, 0.5) is 0 Å². The van der Waals surface area contributed by atoms with Gasteiger partial charge in [0.2, 0.25) is 0 Å². The molecule has 0 aromatic rings. The molecule has 0 bridgehead atoms. The average Bonchev–Trinajstić information content (AvgIpc) is 1.87. The minimum absolute atomic E-state index is 0.660. The van der Waals surface area contributed by atoms with E-state index < -0.39 is 0 Å². The third-order valence-electron chi connectivity index (χ3n) is 0.952. The molecule has 0 aliphatic rings. The summed E-state index contributed by atoms with van der Waals surface area (Å²) in [6.07, 6.45) is 0.660. The SMILES string of the molecule is C/C(C/C(C)=N/N)=N/N. The minimum atomic E-state index is 0.660. The molecule has 0 aromatic heterocycles. The molecule has 0 saturated carbocycles. The van der Waals surface area contributed by atoms with E-state index in [0.29, 0.717) is 6.42 Å². The van der Waals surface area contributed by atoms with Crippen LogP contribution in [0.1, 0.15) is 20.3 Å². The van der Waals surface area contributed by atoms with E-state index in [9.17, 15) is 0 Å². The molecule has 0 rings (SSSR count). The minimum Gasteiger partial charge on any atom is -0.323 e. The highest BCUT2D eigenvalue weighted by molar-refractivity contribution is 6.02. The van der Waals surface area contributed by atoms with Crippen LogP contribution in [0, 0.1) is 0 Å². The largest absolute Gasteiger partial charge is 0.323 e. The molecule has 0 aliphatic carbocycles. The molecule has 0 radical (unpaired) electrons. The molecule has 0 aromatic carbocycles. The summed E-state index contributed by atoms with van der Waals surface area (Å²) in [5, 5.41) is 6.91. The Morgan fingerprint density at radius 1 is 1.11 bits per heavy atom. The van der Waals surface area contributed by atoms with Crippen LogP contribution in [0.5, 0.6) is 0 Å². The number of nitrogens with two attached hydrogens (primary N) is 2. The lowest BCUT2D eigenvalue weighted by molar-refractivity contribution is 1.18. The van der Waals surface area contributed by atoms with Gasteiger partial charge in [-0.25, -0.2) is 0 Å². The topological polar surface area (TPSA) is 76.8 Å². The second-order valence-corrected chi connectivity index (χ2v) is 1.91. The second-order valence-electron chi connectivity index (χ2n) is 1.91. The number of nitrogens with zero attached hydrogens (tertiary/aromatic N) is 2. The van der Waals surface area contributed by atoms with Gasteiger partial charge in [0.1, 0.15) is 0 Å². The van der Waals surface area contributed by atoms with E-state index in [-0.39, 0.29) is 0 Å². The summed E-state index contributed by atoms with van der Waals surface area (Å²) in [7, 11) is 0. The molecule has 0 fully saturated rings. The van der Waals surface area contributed by atoms with Gasteiger partial charge < -0.3 is 11.7 Å². The van der Waals surface area contributed by atoms with Gasteiger partial charge in [0.25, 0.3) is 0 Å². The van der Waals surface area contributed by atoms with Crippen molar-refractivity contribution in [3.05, 3.63) is 0 Å². The number of rotatable bonds is 2. The lowest BCUT2D eigenvalue weighted by Crippen LogP contribution is -2.05. The van der Waals surface area contributed by atoms with Crippen molar-refractivity contribution in [1.29, 1.82) is 0 Å². The van der Waals surface area contributed by atoms with E-state index in [2.05, 4.69) is 10.2 Å². The fourth-order valence-electron chi connectivity index (χ4n) is 0.462. The zero-order chi connectivity index (χ0) is 7.28. The molecule has 9 heavy (non-hydrogen) atoms. The molecule has 0 unspecified atom stereocenters. The first-order valence-corrected chi connectivity index (χ1v) is 2.67. The van der Waals surface area contributed by atoms with Gasteiger partial charge in [-0.2, -0.15) is 10.2 Å². The fraction of sp³-hybridized carbons (Fsp3) is 0.600. The summed E-state index contributed by atoms with van der Waals surface area (Å²) < 4.78 is 0. The van der Waals surface area contributed by atoms with Crippen LogP contribution >= 0.6 is 0 Å². The van der Waals surface area contributed by atoms with E-state index in [1.54, 1.807) is 0 Å². The van der Waals surface area contributed by atoms with Crippen LogP contribution in [0.15, 0.2) is 10.2 Å². The zero-order valence-corrected chi connectivity index (χ0v) is 5.76. The predicted molar refractivity (Wildman–Crippen MR) is 39.2 cm³/mol. The Morgan fingerprint density at radius 2 is 1.44 bits per heavy atom. The van der Waals surface area contributed by atoms with Gasteiger partial charge in [-0.05, 0) is 13.8 Å². The molecule has 4 N–H and O–H groups in total. The number of hydrogen-bond acceptors (Lipinski definition) is 4. The van der Waals surface area contributed by atoms with Crippen molar-refractivity contribution >= 4 is 11.4 Å². The van der Waals surface area contributed by atoms with Crippen LogP contribution in [-0.2, 0) is 0 Å². The summed E-state index contributed by atoms with van der Waals surface area (Å²) >= 11 is 0. The standard InChI is InChI=1S/C5H12N4/c1-4(8-6)3-5(2)9-7/h3,6-7H2,1-2H3/b8-4-,9-5+. The Morgan fingerprint density at radius 3 is 1.67 bits per heavy atom. The van der Waals surface area contributed by atoms with Crippen molar-refractivity contribution in [2.24, 2.45) is 21.9 Å². The van der Waals surface area contributed by atoms with Crippen molar-refractivity contribution in [3.8, 4) is 0 Å². The number of hydrogen-bond donors (Lipinski definition) is 2. The Hall–Kier alpha value is -1.06. The maximum Gasteiger partial charge on any atom is 0.0401 e. The monoisotopic (exact) mass is 128 g/mol. The van der Waals surface area contributed by atoms with Crippen molar-refractivity contribution in [3.63, 3.8) is 0 Å². The van der Waals surface area contributed by atoms with Crippen LogP contribution in [-0.4, -0.2) is 11.4 Å². The van der Waals surface area contributed by atoms with E-state index in [1.165, 1.54) is 0 Å². The van der Waals surface area contributed by atoms with Gasteiger partial charge in [-0.15, -0.1) is 0 Å². The van der Waals surface area contributed by atoms with Crippen molar-refractivity contribution in [2.75, 3.05) is 0 Å². The second kappa shape index (κ2) is 3.88. The lowest BCUT2D eigenvalue weighted by atomic mass is 10.2. The Balaban J connectivity index is 3.75. The molecule has 0 amide bonds. The highest BCUT2D eigenvalue weighted by Crippen LogP contribution is 1.86. The first kappa shape index (κ1) is 7.94. The molecular weight excluding hydrogens is 116 g/mol. The summed E-state index contributed by atoms with van der Waals surface area (Å²) in [5.41, 5.74) is 1.67. The summed E-state index contributed by atoms with van der Waals surface area (Å²) in [6, 6.07) is 0. The van der Waals surface area contributed by atoms with Crippen LogP contribution in [0.2, 0.25) is 0 Å². The van der Waals surface area contributed by atoms with Gasteiger partial charge >= 0.3 is 0 Å². The smallest absolute Gasteiger partial charge is 0.0401 e. The molecule has 4 nitrogen and oxygen atoms in total. The molecule has 0 atom stereocenters. The van der Waals surface area contributed by atoms with Crippen LogP contribution in [0.25, 0.3) is 0 Å². The van der Waals surface area contributed by atoms with Gasteiger partial charge in [0.05, 0.1) is 0 Å². The Bertz CT molecular complexity index is 120. The first-order chi connectivity index (χ1) is 4.20. The molecular formula is C5H12N4. The van der Waals surface area contributed by atoms with E-state index in [4.69, 9.17) is 11.7 Å². The molecule has 0 spiro atoms. The average molecular weight is 128 g/mol. The first-order valence-electron chi connectivity index (χ1n) is 2.67. The zero-order valence-electron chi connectivity index (χ0n) is 5.76. The van der Waals surface area contributed by atoms with Gasteiger partial charge in [0, 0.05) is 17.8 Å². The summed E-state index contributed by atoms with van der Waals surface area (Å²) in [5.74, 6) is 9.93. The van der Waals surface area contributed by atoms with Gasteiger partial charge in [-0.1, -0.05) is 0 Å². The van der Waals surface area contributed by atoms with E-state index in [1.807, 2.05) is 13.8 Å². The van der Waals surface area contributed by atoms with Crippen molar-refractivity contribution < 1.29 is 0 Å². The Kier molecular flexibility index (Phi) is 3.43. The third-order valence-corrected chi connectivity index (χ3v) is 0.952. The van der Waals surface area contributed by atoms with E-state index in [0.717, 1.165) is 11.4 Å². The predicted octanol–water partition coefficient (Wildman–Crippen LogP) is 0.0457. The Labute approximate surface area is 54.6 Å². The number of hydrazone groups is 2. The molecule has 0 heterocycles. The molecule has 4 heteroatoms. The van der Waals surface area contributed by atoms with Crippen LogP contribution < -0.4 is 11.7 Å². The normalized spacial score (nSPS) is 14.0. The maximum atomic E-state index is 4.97. The molecule has 52 valence electrons.